The standard InChI is InChI=1S/C7H4N2O5S2/c10-9(11)4-1-2-5-6(3-4)15-7(8-5)16(12,13)14/h1-3H,(H,12,13,14). The molecule has 84 valence electrons. The van der Waals surface area contributed by atoms with Gasteiger partial charge in [-0.1, -0.05) is 0 Å². The summed E-state index contributed by atoms with van der Waals surface area (Å²) < 4.78 is 30.2. The first kappa shape index (κ1) is 10.9. The Morgan fingerprint density at radius 2 is 2.12 bits per heavy atom. The van der Waals surface area contributed by atoms with E-state index in [4.69, 9.17) is 4.55 Å². The van der Waals surface area contributed by atoms with Crippen LogP contribution in [0.3, 0.4) is 0 Å². The lowest BCUT2D eigenvalue weighted by Crippen LogP contribution is -1.95. The molecular weight excluding hydrogens is 256 g/mol. The van der Waals surface area contributed by atoms with Crippen LogP contribution in [0, 0.1) is 10.1 Å². The molecule has 0 saturated heterocycles. The fourth-order valence-corrected chi connectivity index (χ4v) is 2.75. The number of hydrogen-bond donors (Lipinski definition) is 1. The van der Waals surface area contributed by atoms with Gasteiger partial charge in [-0.2, -0.15) is 8.42 Å². The number of rotatable bonds is 2. The maximum absolute atomic E-state index is 10.8. The zero-order valence-corrected chi connectivity index (χ0v) is 9.16. The molecule has 0 saturated carbocycles. The molecule has 0 aliphatic carbocycles. The average molecular weight is 260 g/mol. The van der Waals surface area contributed by atoms with Crippen LogP contribution in [0.2, 0.25) is 0 Å². The van der Waals surface area contributed by atoms with E-state index in [0.29, 0.717) is 21.6 Å². The third-order valence-electron chi connectivity index (χ3n) is 1.78. The smallest absolute Gasteiger partial charge is 0.280 e. The maximum atomic E-state index is 10.8. The minimum absolute atomic E-state index is 0.155. The molecule has 1 aromatic heterocycles. The van der Waals surface area contributed by atoms with E-state index in [0.717, 1.165) is 0 Å². The fraction of sp³-hybridized carbons (Fsp3) is 0. The van der Waals surface area contributed by atoms with Gasteiger partial charge in [0.1, 0.15) is 0 Å². The lowest BCUT2D eigenvalue weighted by atomic mass is 10.3. The molecule has 0 spiro atoms. The first-order chi connectivity index (χ1) is 7.38. The van der Waals surface area contributed by atoms with E-state index < -0.39 is 19.4 Å². The van der Waals surface area contributed by atoms with Crippen molar-refractivity contribution in [3.8, 4) is 0 Å². The third-order valence-corrected chi connectivity index (χ3v) is 4.01. The summed E-state index contributed by atoms with van der Waals surface area (Å²) in [6, 6.07) is 3.76. The quantitative estimate of drug-likeness (QED) is 0.497. The SMILES string of the molecule is O=[N+]([O-])c1ccc2nc(S(=O)(=O)O)sc2c1. The highest BCUT2D eigenvalue weighted by Crippen LogP contribution is 2.28. The normalized spacial score (nSPS) is 11.8. The molecule has 0 atom stereocenters. The molecule has 0 aliphatic heterocycles. The molecule has 0 bridgehead atoms. The average Bonchev–Trinajstić information content (AvgIpc) is 2.58. The zero-order chi connectivity index (χ0) is 11.9. The van der Waals surface area contributed by atoms with Gasteiger partial charge in [0.05, 0.1) is 15.1 Å². The number of thiazole rings is 1. The Morgan fingerprint density at radius 3 is 2.69 bits per heavy atom. The predicted molar refractivity (Wildman–Crippen MR) is 56.1 cm³/mol. The van der Waals surface area contributed by atoms with E-state index in [2.05, 4.69) is 4.98 Å². The van der Waals surface area contributed by atoms with Crippen LogP contribution in [0.5, 0.6) is 0 Å². The van der Waals surface area contributed by atoms with Crippen LogP contribution >= 0.6 is 11.3 Å². The Hall–Kier alpha value is -1.58. The largest absolute Gasteiger partial charge is 0.322 e. The van der Waals surface area contributed by atoms with Gasteiger partial charge in [-0.05, 0) is 6.07 Å². The second-order valence-electron chi connectivity index (χ2n) is 2.86. The molecule has 2 aromatic rings. The monoisotopic (exact) mass is 260 g/mol. The van der Waals surface area contributed by atoms with Gasteiger partial charge < -0.3 is 0 Å². The highest BCUT2D eigenvalue weighted by atomic mass is 32.3. The predicted octanol–water partition coefficient (Wildman–Crippen LogP) is 1.45. The highest BCUT2D eigenvalue weighted by Gasteiger charge is 2.17. The summed E-state index contributed by atoms with van der Waals surface area (Å²) in [5, 5.41) is 10.5. The summed E-state index contributed by atoms with van der Waals surface area (Å²) in [6.45, 7) is 0. The number of non-ortho nitro benzene ring substituents is 1. The van der Waals surface area contributed by atoms with Gasteiger partial charge in [-0.3, -0.25) is 14.7 Å². The zero-order valence-electron chi connectivity index (χ0n) is 7.52. The Labute approximate surface area is 93.3 Å². The van der Waals surface area contributed by atoms with Crippen LogP contribution in [0.1, 0.15) is 0 Å². The minimum Gasteiger partial charge on any atom is -0.280 e. The van der Waals surface area contributed by atoms with Crippen molar-refractivity contribution in [2.75, 3.05) is 0 Å². The Balaban J connectivity index is 2.68. The molecule has 2 rings (SSSR count). The van der Waals surface area contributed by atoms with Crippen molar-refractivity contribution < 1.29 is 17.9 Å². The van der Waals surface area contributed by atoms with Gasteiger partial charge in [0.25, 0.3) is 5.69 Å². The molecule has 1 aromatic carbocycles. The molecule has 16 heavy (non-hydrogen) atoms. The number of nitro groups is 1. The number of nitro benzene ring substituents is 1. The molecular formula is C7H4N2O5S2. The summed E-state index contributed by atoms with van der Waals surface area (Å²) in [5.74, 6) is 0. The summed E-state index contributed by atoms with van der Waals surface area (Å²) in [5.41, 5.74) is 0.140. The lowest BCUT2D eigenvalue weighted by molar-refractivity contribution is -0.384. The number of benzene rings is 1. The summed E-state index contributed by atoms with van der Waals surface area (Å²) in [4.78, 5) is 13.5. The molecule has 0 amide bonds. The van der Waals surface area contributed by atoms with Crippen molar-refractivity contribution >= 4 is 37.4 Å². The molecule has 7 nitrogen and oxygen atoms in total. The van der Waals surface area contributed by atoms with Gasteiger partial charge in [0.15, 0.2) is 0 Å². The molecule has 0 fully saturated rings. The van der Waals surface area contributed by atoms with E-state index in [9.17, 15) is 18.5 Å². The van der Waals surface area contributed by atoms with Gasteiger partial charge in [-0.25, -0.2) is 4.98 Å². The van der Waals surface area contributed by atoms with E-state index in [-0.39, 0.29) is 5.69 Å². The van der Waals surface area contributed by atoms with Crippen LogP contribution in [0.15, 0.2) is 22.5 Å². The minimum atomic E-state index is -4.36. The number of fused-ring (bicyclic) bond motifs is 1. The molecule has 1 heterocycles. The Kier molecular flexibility index (Phi) is 2.37. The van der Waals surface area contributed by atoms with Gasteiger partial charge in [0.2, 0.25) is 4.34 Å². The van der Waals surface area contributed by atoms with E-state index >= 15 is 0 Å². The Morgan fingerprint density at radius 1 is 1.44 bits per heavy atom. The molecule has 9 heteroatoms. The van der Waals surface area contributed by atoms with Crippen molar-refractivity contribution in [1.29, 1.82) is 0 Å². The lowest BCUT2D eigenvalue weighted by Gasteiger charge is -1.88. The van der Waals surface area contributed by atoms with E-state index in [1.165, 1.54) is 18.2 Å². The second-order valence-corrected chi connectivity index (χ2v) is 5.49. The topological polar surface area (TPSA) is 110 Å². The molecule has 1 N–H and O–H groups in total. The molecule has 0 aliphatic rings. The number of nitrogens with zero attached hydrogens (tertiary/aromatic N) is 2. The van der Waals surface area contributed by atoms with E-state index in [1.807, 2.05) is 0 Å². The highest BCUT2D eigenvalue weighted by molar-refractivity contribution is 7.88. The summed E-state index contributed by atoms with van der Waals surface area (Å²) >= 11 is 0.682. The van der Waals surface area contributed by atoms with Crippen LogP contribution in [0.25, 0.3) is 10.2 Å². The first-order valence-electron chi connectivity index (χ1n) is 3.90. The molecule has 0 radical (unpaired) electrons. The van der Waals surface area contributed by atoms with E-state index in [1.54, 1.807) is 0 Å². The molecule has 0 unspecified atom stereocenters. The van der Waals surface area contributed by atoms with Gasteiger partial charge in [0, 0.05) is 12.1 Å². The second kappa shape index (κ2) is 3.47. The van der Waals surface area contributed by atoms with Crippen molar-refractivity contribution in [3.05, 3.63) is 28.3 Å². The summed E-state index contributed by atoms with van der Waals surface area (Å²) in [6.07, 6.45) is 0. The Bertz CT molecular complexity index is 675. The van der Waals surface area contributed by atoms with Gasteiger partial charge >= 0.3 is 10.1 Å². The third kappa shape index (κ3) is 1.87. The van der Waals surface area contributed by atoms with Crippen molar-refractivity contribution in [3.63, 3.8) is 0 Å². The van der Waals surface area contributed by atoms with Crippen molar-refractivity contribution in [2.45, 2.75) is 4.34 Å². The van der Waals surface area contributed by atoms with Crippen LogP contribution < -0.4 is 0 Å². The van der Waals surface area contributed by atoms with Crippen LogP contribution in [-0.4, -0.2) is 22.9 Å². The summed E-state index contributed by atoms with van der Waals surface area (Å²) in [7, 11) is -4.36. The number of aromatic nitrogens is 1. The van der Waals surface area contributed by atoms with Crippen LogP contribution in [0.4, 0.5) is 5.69 Å². The number of hydrogen-bond acceptors (Lipinski definition) is 6. The van der Waals surface area contributed by atoms with Gasteiger partial charge in [-0.15, -0.1) is 11.3 Å². The maximum Gasteiger partial charge on any atom is 0.322 e. The fourth-order valence-electron chi connectivity index (χ4n) is 1.12. The van der Waals surface area contributed by atoms with Crippen LogP contribution in [-0.2, 0) is 10.1 Å². The van der Waals surface area contributed by atoms with Crippen molar-refractivity contribution in [2.24, 2.45) is 0 Å². The first-order valence-corrected chi connectivity index (χ1v) is 6.16. The van der Waals surface area contributed by atoms with Crippen molar-refractivity contribution in [1.82, 2.24) is 4.98 Å².